The van der Waals surface area contributed by atoms with Gasteiger partial charge in [-0.2, -0.15) is 13.2 Å². The first-order valence-corrected chi connectivity index (χ1v) is 9.27. The molecule has 1 aliphatic heterocycles. The van der Waals surface area contributed by atoms with Crippen LogP contribution in [-0.4, -0.2) is 57.4 Å². The molecule has 0 amide bonds. The fraction of sp³-hybridized carbons (Fsp3) is 0.632. The van der Waals surface area contributed by atoms with Gasteiger partial charge < -0.3 is 20.3 Å². The van der Waals surface area contributed by atoms with Crippen LogP contribution in [0.1, 0.15) is 24.8 Å². The Kier molecular flexibility index (Phi) is 8.22. The maximum atomic E-state index is 12.1. The van der Waals surface area contributed by atoms with E-state index in [-0.39, 0.29) is 5.75 Å². The summed E-state index contributed by atoms with van der Waals surface area (Å²) in [6, 6.07) is 6.56. The number of nitrogens with one attached hydrogen (secondary N) is 2. The molecule has 0 aliphatic carbocycles. The predicted molar refractivity (Wildman–Crippen MR) is 101 cm³/mol. The minimum Gasteiger partial charge on any atom is -0.484 e. The lowest BCUT2D eigenvalue weighted by molar-refractivity contribution is -0.153. The molecule has 0 bridgehead atoms. The molecule has 1 fully saturated rings. The maximum absolute atomic E-state index is 12.1. The first-order valence-electron chi connectivity index (χ1n) is 9.27. The van der Waals surface area contributed by atoms with Gasteiger partial charge in [0.2, 0.25) is 0 Å². The van der Waals surface area contributed by atoms with Crippen molar-refractivity contribution in [2.45, 2.75) is 32.0 Å². The van der Waals surface area contributed by atoms with Gasteiger partial charge in [0.05, 0.1) is 0 Å². The molecule has 1 saturated heterocycles. The van der Waals surface area contributed by atoms with Crippen LogP contribution in [0, 0.1) is 5.92 Å². The van der Waals surface area contributed by atoms with Crippen molar-refractivity contribution >= 4 is 5.96 Å². The summed E-state index contributed by atoms with van der Waals surface area (Å²) in [5, 5.41) is 6.54. The number of alkyl halides is 3. The van der Waals surface area contributed by atoms with Gasteiger partial charge in [-0.25, -0.2) is 0 Å². The molecule has 5 nitrogen and oxygen atoms in total. The summed E-state index contributed by atoms with van der Waals surface area (Å²) in [7, 11) is 3.88. The quantitative estimate of drug-likeness (QED) is 0.559. The van der Waals surface area contributed by atoms with Crippen LogP contribution in [0.2, 0.25) is 0 Å². The third kappa shape index (κ3) is 8.51. The SMILES string of the molecule is CN=C(NCCC1CCN(C)CC1)NCc1ccc(OCC(F)(F)F)cc1. The maximum Gasteiger partial charge on any atom is 0.422 e. The van der Waals surface area contributed by atoms with Gasteiger partial charge in [-0.15, -0.1) is 0 Å². The van der Waals surface area contributed by atoms with Crippen molar-refractivity contribution in [1.29, 1.82) is 0 Å². The second-order valence-electron chi connectivity index (χ2n) is 6.94. The molecule has 27 heavy (non-hydrogen) atoms. The molecule has 0 unspecified atom stereocenters. The summed E-state index contributed by atoms with van der Waals surface area (Å²) < 4.78 is 41.2. The molecule has 0 spiro atoms. The van der Waals surface area contributed by atoms with Gasteiger partial charge in [-0.3, -0.25) is 4.99 Å². The fourth-order valence-electron chi connectivity index (χ4n) is 3.02. The third-order valence-corrected chi connectivity index (χ3v) is 4.69. The molecule has 8 heteroatoms. The molecule has 2 rings (SSSR count). The lowest BCUT2D eigenvalue weighted by atomic mass is 9.94. The van der Waals surface area contributed by atoms with Crippen LogP contribution >= 0.6 is 0 Å². The van der Waals surface area contributed by atoms with Crippen LogP contribution in [0.15, 0.2) is 29.3 Å². The highest BCUT2D eigenvalue weighted by atomic mass is 19.4. The molecular formula is C19H29F3N4O. The summed E-state index contributed by atoms with van der Waals surface area (Å²) in [4.78, 5) is 6.57. The van der Waals surface area contributed by atoms with Crippen LogP contribution in [0.4, 0.5) is 13.2 Å². The minimum atomic E-state index is -4.33. The Morgan fingerprint density at radius 2 is 1.85 bits per heavy atom. The highest BCUT2D eigenvalue weighted by Gasteiger charge is 2.28. The topological polar surface area (TPSA) is 48.9 Å². The first-order chi connectivity index (χ1) is 12.9. The van der Waals surface area contributed by atoms with E-state index in [1.165, 1.54) is 25.9 Å². The summed E-state index contributed by atoms with van der Waals surface area (Å²) in [5.41, 5.74) is 0.938. The Morgan fingerprint density at radius 3 is 2.44 bits per heavy atom. The van der Waals surface area contributed by atoms with E-state index in [0.717, 1.165) is 30.4 Å². The molecule has 1 aromatic carbocycles. The van der Waals surface area contributed by atoms with Gasteiger partial charge in [0.25, 0.3) is 0 Å². The molecule has 0 saturated carbocycles. The van der Waals surface area contributed by atoms with Gasteiger partial charge in [0.15, 0.2) is 12.6 Å². The van der Waals surface area contributed by atoms with Crippen molar-refractivity contribution in [2.75, 3.05) is 40.3 Å². The molecule has 0 radical (unpaired) electrons. The number of halogens is 3. The first kappa shape index (κ1) is 21.3. The Morgan fingerprint density at radius 1 is 1.19 bits per heavy atom. The van der Waals surface area contributed by atoms with E-state index in [9.17, 15) is 13.2 Å². The van der Waals surface area contributed by atoms with E-state index in [1.807, 2.05) is 0 Å². The second kappa shape index (κ2) is 10.4. The largest absolute Gasteiger partial charge is 0.484 e. The van der Waals surface area contributed by atoms with Gasteiger partial charge in [-0.05, 0) is 63.0 Å². The Balaban J connectivity index is 1.67. The van der Waals surface area contributed by atoms with E-state index in [1.54, 1.807) is 31.3 Å². The zero-order valence-corrected chi connectivity index (χ0v) is 16.0. The monoisotopic (exact) mass is 386 g/mol. The second-order valence-corrected chi connectivity index (χ2v) is 6.94. The summed E-state index contributed by atoms with van der Waals surface area (Å²) in [6.45, 7) is 2.46. The zero-order chi connectivity index (χ0) is 19.7. The van der Waals surface area contributed by atoms with Gasteiger partial charge in [-0.1, -0.05) is 12.1 Å². The van der Waals surface area contributed by atoms with Crippen LogP contribution in [0.5, 0.6) is 5.75 Å². The molecule has 1 aromatic rings. The van der Waals surface area contributed by atoms with Crippen molar-refractivity contribution < 1.29 is 17.9 Å². The molecule has 152 valence electrons. The summed E-state index contributed by atoms with van der Waals surface area (Å²) in [6.07, 6.45) is -0.717. The number of guanidine groups is 1. The number of aliphatic imine (C=N–C) groups is 1. The number of piperidine rings is 1. The van der Waals surface area contributed by atoms with Gasteiger partial charge >= 0.3 is 6.18 Å². The average molecular weight is 386 g/mol. The van der Waals surface area contributed by atoms with Gasteiger partial charge in [0, 0.05) is 20.1 Å². The normalized spacial score (nSPS) is 17.0. The van der Waals surface area contributed by atoms with E-state index >= 15 is 0 Å². The van der Waals surface area contributed by atoms with Gasteiger partial charge in [0.1, 0.15) is 5.75 Å². The number of ether oxygens (including phenoxy) is 1. The molecule has 0 atom stereocenters. The Labute approximate surface area is 159 Å². The van der Waals surface area contributed by atoms with Crippen LogP contribution < -0.4 is 15.4 Å². The number of benzene rings is 1. The summed E-state index contributed by atoms with van der Waals surface area (Å²) >= 11 is 0. The highest BCUT2D eigenvalue weighted by Crippen LogP contribution is 2.19. The van der Waals surface area contributed by atoms with Crippen molar-refractivity contribution in [3.8, 4) is 5.75 Å². The third-order valence-electron chi connectivity index (χ3n) is 4.69. The lowest BCUT2D eigenvalue weighted by Gasteiger charge is -2.29. The smallest absolute Gasteiger partial charge is 0.422 e. The molecule has 2 N–H and O–H groups in total. The van der Waals surface area contributed by atoms with Crippen LogP contribution in [0.25, 0.3) is 0 Å². The van der Waals surface area contributed by atoms with Crippen LogP contribution in [-0.2, 0) is 6.54 Å². The van der Waals surface area contributed by atoms with Crippen molar-refractivity contribution in [2.24, 2.45) is 10.9 Å². The number of rotatable bonds is 7. The zero-order valence-electron chi connectivity index (χ0n) is 16.0. The van der Waals surface area contributed by atoms with Crippen molar-refractivity contribution in [3.05, 3.63) is 29.8 Å². The molecule has 1 aliphatic rings. The molecule has 0 aromatic heterocycles. The molecular weight excluding hydrogens is 357 g/mol. The molecule has 1 heterocycles. The minimum absolute atomic E-state index is 0.205. The van der Waals surface area contributed by atoms with E-state index in [4.69, 9.17) is 4.74 Å². The Hall–Kier alpha value is -1.96. The summed E-state index contributed by atoms with van der Waals surface area (Å²) in [5.74, 6) is 1.69. The number of hydrogen-bond acceptors (Lipinski definition) is 3. The standard InChI is InChI=1S/C19H29F3N4O/c1-23-18(24-10-7-15-8-11-26(2)12-9-15)25-13-16-3-5-17(6-4-16)27-14-19(20,21)22/h3-6,15H,7-14H2,1-2H3,(H2,23,24,25). The number of nitrogens with zero attached hydrogens (tertiary/aromatic N) is 2. The number of likely N-dealkylation sites (tertiary alicyclic amines) is 1. The highest BCUT2D eigenvalue weighted by molar-refractivity contribution is 5.79. The van der Waals surface area contributed by atoms with Crippen molar-refractivity contribution in [1.82, 2.24) is 15.5 Å². The average Bonchev–Trinajstić information content (AvgIpc) is 2.64. The van der Waals surface area contributed by atoms with E-state index in [2.05, 4.69) is 27.6 Å². The van der Waals surface area contributed by atoms with E-state index < -0.39 is 12.8 Å². The number of hydrogen-bond donors (Lipinski definition) is 2. The predicted octanol–water partition coefficient (Wildman–Crippen LogP) is 3.02. The van der Waals surface area contributed by atoms with Crippen molar-refractivity contribution in [3.63, 3.8) is 0 Å². The lowest BCUT2D eigenvalue weighted by Crippen LogP contribution is -2.38. The Bertz CT molecular complexity index is 582. The fourth-order valence-corrected chi connectivity index (χ4v) is 3.02. The van der Waals surface area contributed by atoms with E-state index in [0.29, 0.717) is 6.54 Å². The van der Waals surface area contributed by atoms with Crippen LogP contribution in [0.3, 0.4) is 0 Å².